The Hall–Kier alpha value is -0.170. The number of ether oxygens (including phenoxy) is 1. The molecule has 2 rings (SSSR count). The van der Waals surface area contributed by atoms with Crippen LogP contribution < -0.4 is 5.32 Å². The fourth-order valence-corrected chi connectivity index (χ4v) is 3.97. The van der Waals surface area contributed by atoms with Crippen molar-refractivity contribution in [1.29, 1.82) is 0 Å². The van der Waals surface area contributed by atoms with Gasteiger partial charge in [-0.25, -0.2) is 12.7 Å². The standard InChI is InChI=1S/C13H26N2O3S/c1-18-13(6-4-7-13)11-14-9-12-5-3-8-15(10-12)19(2,16)17/h12,14H,3-11H2,1-2H3. The molecule has 1 unspecified atom stereocenters. The van der Waals surface area contributed by atoms with Crippen molar-refractivity contribution in [3.63, 3.8) is 0 Å². The van der Waals surface area contributed by atoms with Gasteiger partial charge in [-0.15, -0.1) is 0 Å². The van der Waals surface area contributed by atoms with Gasteiger partial charge in [0.25, 0.3) is 0 Å². The molecule has 2 fully saturated rings. The van der Waals surface area contributed by atoms with Gasteiger partial charge in [-0.2, -0.15) is 0 Å². The lowest BCUT2D eigenvalue weighted by atomic mass is 9.80. The molecular formula is C13H26N2O3S. The molecule has 0 bridgehead atoms. The first kappa shape index (κ1) is 15.2. The minimum Gasteiger partial charge on any atom is -0.377 e. The van der Waals surface area contributed by atoms with Crippen molar-refractivity contribution in [3.05, 3.63) is 0 Å². The summed E-state index contributed by atoms with van der Waals surface area (Å²) in [6.07, 6.45) is 6.90. The van der Waals surface area contributed by atoms with E-state index in [2.05, 4.69) is 5.32 Å². The van der Waals surface area contributed by atoms with Crippen LogP contribution in [0.2, 0.25) is 0 Å². The Morgan fingerprint density at radius 1 is 1.37 bits per heavy atom. The van der Waals surface area contributed by atoms with Crippen LogP contribution in [0.1, 0.15) is 32.1 Å². The monoisotopic (exact) mass is 290 g/mol. The Kier molecular flexibility index (Phi) is 4.87. The minimum absolute atomic E-state index is 0.0468. The van der Waals surface area contributed by atoms with Crippen LogP contribution in [0.25, 0.3) is 0 Å². The first-order chi connectivity index (χ1) is 8.95. The number of methoxy groups -OCH3 is 1. The normalized spacial score (nSPS) is 28.0. The molecule has 0 amide bonds. The fraction of sp³-hybridized carbons (Fsp3) is 1.00. The number of rotatable bonds is 6. The van der Waals surface area contributed by atoms with E-state index >= 15 is 0 Å². The molecule has 1 heterocycles. The van der Waals surface area contributed by atoms with E-state index in [4.69, 9.17) is 4.74 Å². The lowest BCUT2D eigenvalue weighted by molar-refractivity contribution is -0.0698. The van der Waals surface area contributed by atoms with E-state index in [9.17, 15) is 8.42 Å². The van der Waals surface area contributed by atoms with Gasteiger partial charge < -0.3 is 10.1 Å². The van der Waals surface area contributed by atoms with Crippen LogP contribution in [0.3, 0.4) is 0 Å². The van der Waals surface area contributed by atoms with E-state index in [1.54, 1.807) is 11.4 Å². The zero-order valence-corrected chi connectivity index (χ0v) is 12.8. The molecule has 0 aromatic carbocycles. The third-order valence-corrected chi connectivity index (χ3v) is 5.80. The molecule has 5 nitrogen and oxygen atoms in total. The van der Waals surface area contributed by atoms with Crippen LogP contribution in [-0.2, 0) is 14.8 Å². The van der Waals surface area contributed by atoms with E-state index in [-0.39, 0.29) is 5.60 Å². The molecule has 0 aromatic heterocycles. The number of sulfonamides is 1. The van der Waals surface area contributed by atoms with Gasteiger partial charge in [0.05, 0.1) is 11.9 Å². The molecule has 2 aliphatic rings. The summed E-state index contributed by atoms with van der Waals surface area (Å²) in [6, 6.07) is 0. The summed E-state index contributed by atoms with van der Waals surface area (Å²) in [5, 5.41) is 3.47. The van der Waals surface area contributed by atoms with Crippen molar-refractivity contribution in [2.24, 2.45) is 5.92 Å². The van der Waals surface area contributed by atoms with E-state index in [0.717, 1.165) is 38.8 Å². The van der Waals surface area contributed by atoms with Gasteiger partial charge in [0, 0.05) is 26.7 Å². The molecule has 1 N–H and O–H groups in total. The van der Waals surface area contributed by atoms with Crippen molar-refractivity contribution in [1.82, 2.24) is 9.62 Å². The Balaban J connectivity index is 1.74. The highest BCUT2D eigenvalue weighted by Crippen LogP contribution is 2.34. The maximum absolute atomic E-state index is 11.6. The summed E-state index contributed by atoms with van der Waals surface area (Å²) in [5.74, 6) is 0.428. The van der Waals surface area contributed by atoms with Gasteiger partial charge in [-0.05, 0) is 44.6 Å². The zero-order chi connectivity index (χ0) is 13.9. The molecule has 0 aromatic rings. The number of hydrogen-bond donors (Lipinski definition) is 1. The van der Waals surface area contributed by atoms with Crippen LogP contribution in [0, 0.1) is 5.92 Å². The Morgan fingerprint density at radius 2 is 2.11 bits per heavy atom. The van der Waals surface area contributed by atoms with Crippen molar-refractivity contribution in [2.45, 2.75) is 37.7 Å². The second-order valence-corrected chi connectivity index (χ2v) is 7.98. The highest BCUT2D eigenvalue weighted by atomic mass is 32.2. The summed E-state index contributed by atoms with van der Waals surface area (Å²) >= 11 is 0. The third kappa shape index (κ3) is 3.90. The SMILES string of the molecule is COC1(CNCC2CCCN(S(C)(=O)=O)C2)CCC1. The predicted octanol–water partition coefficient (Wildman–Crippen LogP) is 0.817. The van der Waals surface area contributed by atoms with Gasteiger partial charge in [0.2, 0.25) is 10.0 Å². The number of nitrogens with one attached hydrogen (secondary N) is 1. The van der Waals surface area contributed by atoms with Gasteiger partial charge >= 0.3 is 0 Å². The molecule has 1 saturated carbocycles. The molecule has 1 aliphatic carbocycles. The quantitative estimate of drug-likeness (QED) is 0.787. The van der Waals surface area contributed by atoms with Crippen molar-refractivity contribution in [3.8, 4) is 0 Å². The lowest BCUT2D eigenvalue weighted by Gasteiger charge is -2.41. The Bertz CT molecular complexity index is 387. The van der Waals surface area contributed by atoms with Gasteiger partial charge in [0.15, 0.2) is 0 Å². The van der Waals surface area contributed by atoms with Crippen molar-refractivity contribution >= 4 is 10.0 Å². The first-order valence-electron chi connectivity index (χ1n) is 7.16. The van der Waals surface area contributed by atoms with Crippen LogP contribution in [-0.4, -0.2) is 57.9 Å². The van der Waals surface area contributed by atoms with Crippen LogP contribution >= 0.6 is 0 Å². The molecular weight excluding hydrogens is 264 g/mol. The van der Waals surface area contributed by atoms with E-state index in [1.807, 2.05) is 0 Å². The second kappa shape index (κ2) is 6.08. The third-order valence-electron chi connectivity index (χ3n) is 4.53. The summed E-state index contributed by atoms with van der Waals surface area (Å²) in [7, 11) is -1.24. The summed E-state index contributed by atoms with van der Waals surface area (Å²) in [4.78, 5) is 0. The Labute approximate surface area is 116 Å². The summed E-state index contributed by atoms with van der Waals surface area (Å²) < 4.78 is 30.3. The Morgan fingerprint density at radius 3 is 2.63 bits per heavy atom. The van der Waals surface area contributed by atoms with Crippen LogP contribution in [0.4, 0.5) is 0 Å². The smallest absolute Gasteiger partial charge is 0.211 e. The molecule has 112 valence electrons. The van der Waals surface area contributed by atoms with Gasteiger partial charge in [0.1, 0.15) is 0 Å². The van der Waals surface area contributed by atoms with Crippen molar-refractivity contribution < 1.29 is 13.2 Å². The lowest BCUT2D eigenvalue weighted by Crippen LogP contribution is -2.50. The topological polar surface area (TPSA) is 58.6 Å². The highest BCUT2D eigenvalue weighted by molar-refractivity contribution is 7.88. The number of piperidine rings is 1. The minimum atomic E-state index is -3.03. The molecule has 0 spiro atoms. The molecule has 1 atom stereocenters. The van der Waals surface area contributed by atoms with Crippen LogP contribution in [0.5, 0.6) is 0 Å². The van der Waals surface area contributed by atoms with E-state index in [0.29, 0.717) is 19.0 Å². The largest absolute Gasteiger partial charge is 0.377 e. The number of hydrogen-bond acceptors (Lipinski definition) is 4. The molecule has 1 aliphatic heterocycles. The summed E-state index contributed by atoms with van der Waals surface area (Å²) in [5.41, 5.74) is 0.0468. The highest BCUT2D eigenvalue weighted by Gasteiger charge is 2.36. The maximum atomic E-state index is 11.6. The van der Waals surface area contributed by atoms with E-state index < -0.39 is 10.0 Å². The number of nitrogens with zero attached hydrogens (tertiary/aromatic N) is 1. The van der Waals surface area contributed by atoms with Crippen molar-refractivity contribution in [2.75, 3.05) is 39.5 Å². The average Bonchev–Trinajstić information content (AvgIpc) is 2.32. The van der Waals surface area contributed by atoms with Crippen LogP contribution in [0.15, 0.2) is 0 Å². The second-order valence-electron chi connectivity index (χ2n) is 6.00. The predicted molar refractivity (Wildman–Crippen MR) is 75.6 cm³/mol. The fourth-order valence-electron chi connectivity index (χ4n) is 3.02. The maximum Gasteiger partial charge on any atom is 0.211 e. The molecule has 19 heavy (non-hydrogen) atoms. The first-order valence-corrected chi connectivity index (χ1v) is 9.01. The molecule has 6 heteroatoms. The molecule has 1 saturated heterocycles. The van der Waals surface area contributed by atoms with Gasteiger partial charge in [-0.3, -0.25) is 0 Å². The average molecular weight is 290 g/mol. The molecule has 0 radical (unpaired) electrons. The van der Waals surface area contributed by atoms with Gasteiger partial charge in [-0.1, -0.05) is 0 Å². The summed E-state index contributed by atoms with van der Waals surface area (Å²) in [6.45, 7) is 3.11. The van der Waals surface area contributed by atoms with E-state index in [1.165, 1.54) is 12.7 Å². The zero-order valence-electron chi connectivity index (χ0n) is 12.0.